The van der Waals surface area contributed by atoms with Crippen LogP contribution in [0.25, 0.3) is 0 Å². The number of rotatable bonds is 2. The zero-order valence-electron chi connectivity index (χ0n) is 11.7. The molecule has 0 unspecified atom stereocenters. The normalized spacial score (nSPS) is 22.4. The third-order valence-electron chi connectivity index (χ3n) is 4.00. The summed E-state index contributed by atoms with van der Waals surface area (Å²) < 4.78 is 2.15. The van der Waals surface area contributed by atoms with Gasteiger partial charge in [-0.15, -0.1) is 0 Å². The lowest BCUT2D eigenvalue weighted by molar-refractivity contribution is -0.536. The van der Waals surface area contributed by atoms with E-state index in [1.807, 2.05) is 12.1 Å². The number of benzene rings is 2. The molecule has 3 heteroatoms. The lowest BCUT2D eigenvalue weighted by Crippen LogP contribution is -2.24. The molecule has 1 heterocycles. The van der Waals surface area contributed by atoms with Crippen molar-refractivity contribution in [2.45, 2.75) is 12.1 Å². The van der Waals surface area contributed by atoms with Crippen LogP contribution < -0.4 is 0 Å². The second-order valence-corrected chi connectivity index (χ2v) is 5.54. The molecule has 0 amide bonds. The first-order valence-corrected chi connectivity index (χ1v) is 7.16. The molecule has 2 atom stereocenters. The van der Waals surface area contributed by atoms with Crippen LogP contribution in [0.1, 0.15) is 23.2 Å². The molecule has 1 aliphatic rings. The molecular weight excluding hydrogens is 268 g/mol. The third kappa shape index (κ3) is 2.10. The van der Waals surface area contributed by atoms with Gasteiger partial charge in [-0.25, -0.2) is 9.48 Å². The van der Waals surface area contributed by atoms with E-state index in [0.29, 0.717) is 0 Å². The monoisotopic (exact) mass is 285 g/mol. The van der Waals surface area contributed by atoms with Crippen LogP contribution in [0.15, 0.2) is 60.7 Å². The van der Waals surface area contributed by atoms with Gasteiger partial charge in [-0.3, -0.25) is 0 Å². The Balaban J connectivity index is 2.09. The highest BCUT2D eigenvalue weighted by Crippen LogP contribution is 2.40. The van der Waals surface area contributed by atoms with Gasteiger partial charge in [0.25, 0.3) is 0 Å². The van der Waals surface area contributed by atoms with Gasteiger partial charge >= 0.3 is 5.29 Å². The summed E-state index contributed by atoms with van der Waals surface area (Å²) in [5, 5.41) is 0.785. The Morgan fingerprint density at radius 3 is 1.95 bits per heavy atom. The predicted molar refractivity (Wildman–Crippen MR) is 83.2 cm³/mol. The van der Waals surface area contributed by atoms with E-state index < -0.39 is 0 Å². The largest absolute Gasteiger partial charge is 0.345 e. The number of amidine groups is 1. The van der Waals surface area contributed by atoms with Crippen LogP contribution in [-0.4, -0.2) is 28.9 Å². The summed E-state index contributed by atoms with van der Waals surface area (Å²) in [4.78, 5) is 2.15. The van der Waals surface area contributed by atoms with Gasteiger partial charge in [0.1, 0.15) is 0 Å². The van der Waals surface area contributed by atoms with Gasteiger partial charge in [0.05, 0.1) is 14.1 Å². The van der Waals surface area contributed by atoms with Gasteiger partial charge in [0.15, 0.2) is 12.1 Å². The van der Waals surface area contributed by atoms with E-state index in [4.69, 9.17) is 11.6 Å². The number of nitrogens with zero attached hydrogens (tertiary/aromatic N) is 2. The van der Waals surface area contributed by atoms with Gasteiger partial charge in [-0.1, -0.05) is 60.7 Å². The van der Waals surface area contributed by atoms with Gasteiger partial charge in [0, 0.05) is 22.7 Å². The molecule has 0 fully saturated rings. The fraction of sp³-hybridized carbons (Fsp3) is 0.235. The van der Waals surface area contributed by atoms with Crippen molar-refractivity contribution in [1.82, 2.24) is 4.90 Å². The summed E-state index contributed by atoms with van der Waals surface area (Å²) in [5.41, 5.74) is 2.57. The van der Waals surface area contributed by atoms with E-state index in [1.165, 1.54) is 11.1 Å². The molecule has 3 rings (SSSR count). The van der Waals surface area contributed by atoms with Gasteiger partial charge < -0.3 is 0 Å². The number of likely N-dealkylation sites (N-methyl/N-ethyl adjacent to an activating group) is 2. The average Bonchev–Trinajstić information content (AvgIpc) is 2.73. The first-order valence-electron chi connectivity index (χ1n) is 6.78. The molecule has 1 aliphatic heterocycles. The van der Waals surface area contributed by atoms with E-state index in [0.717, 1.165) is 5.29 Å². The highest BCUT2D eigenvalue weighted by atomic mass is 35.5. The summed E-state index contributed by atoms with van der Waals surface area (Å²) in [6.07, 6.45) is 0. The molecular formula is C17H18ClN2+. The zero-order valence-corrected chi connectivity index (χ0v) is 12.5. The maximum Gasteiger partial charge on any atom is 0.345 e. The minimum atomic E-state index is 0.232. The quantitative estimate of drug-likeness (QED) is 0.603. The van der Waals surface area contributed by atoms with Crippen molar-refractivity contribution in [3.8, 4) is 0 Å². The van der Waals surface area contributed by atoms with Gasteiger partial charge in [0.2, 0.25) is 0 Å². The fourth-order valence-corrected chi connectivity index (χ4v) is 3.22. The molecule has 102 valence electrons. The lowest BCUT2D eigenvalue weighted by Gasteiger charge is -2.21. The van der Waals surface area contributed by atoms with Crippen molar-refractivity contribution in [2.24, 2.45) is 0 Å². The van der Waals surface area contributed by atoms with E-state index in [9.17, 15) is 0 Å². The van der Waals surface area contributed by atoms with E-state index in [1.54, 1.807) is 0 Å². The van der Waals surface area contributed by atoms with Crippen LogP contribution in [0.2, 0.25) is 0 Å². The minimum Gasteiger partial charge on any atom is -0.242 e. The van der Waals surface area contributed by atoms with Crippen LogP contribution in [-0.2, 0) is 0 Å². The number of hydrogen-bond acceptors (Lipinski definition) is 1. The highest BCUT2D eigenvalue weighted by Gasteiger charge is 2.45. The third-order valence-corrected chi connectivity index (χ3v) is 4.53. The van der Waals surface area contributed by atoms with Crippen molar-refractivity contribution in [2.75, 3.05) is 14.1 Å². The van der Waals surface area contributed by atoms with Crippen molar-refractivity contribution >= 4 is 16.9 Å². The molecule has 0 saturated carbocycles. The summed E-state index contributed by atoms with van der Waals surface area (Å²) >= 11 is 6.47. The van der Waals surface area contributed by atoms with Crippen molar-refractivity contribution in [3.05, 3.63) is 71.8 Å². The molecule has 0 aromatic heterocycles. The van der Waals surface area contributed by atoms with Gasteiger partial charge in [-0.05, 0) is 0 Å². The molecule has 0 radical (unpaired) electrons. The molecule has 0 aliphatic carbocycles. The van der Waals surface area contributed by atoms with Crippen molar-refractivity contribution in [1.29, 1.82) is 0 Å². The van der Waals surface area contributed by atoms with E-state index in [2.05, 4.69) is 72.1 Å². The second-order valence-electron chi connectivity index (χ2n) is 5.20. The second kappa shape index (κ2) is 5.29. The maximum absolute atomic E-state index is 6.47. The number of halogens is 1. The SMILES string of the molecule is CN1C(Cl)=[N+](C)[C@H](c2ccccc2)[C@H]1c1ccccc1. The Kier molecular flexibility index (Phi) is 3.49. The van der Waals surface area contributed by atoms with Crippen LogP contribution in [0.3, 0.4) is 0 Å². The lowest BCUT2D eigenvalue weighted by atomic mass is 9.93. The molecule has 0 spiro atoms. The zero-order chi connectivity index (χ0) is 14.1. The molecule has 0 N–H and O–H groups in total. The predicted octanol–water partition coefficient (Wildman–Crippen LogP) is 3.65. The molecule has 2 nitrogen and oxygen atoms in total. The first kappa shape index (κ1) is 13.2. The van der Waals surface area contributed by atoms with Crippen LogP contribution in [0.5, 0.6) is 0 Å². The van der Waals surface area contributed by atoms with E-state index >= 15 is 0 Å². The molecule has 20 heavy (non-hydrogen) atoms. The molecule has 0 bridgehead atoms. The Morgan fingerprint density at radius 2 is 1.40 bits per heavy atom. The first-order chi connectivity index (χ1) is 9.70. The average molecular weight is 286 g/mol. The number of hydrogen-bond donors (Lipinski definition) is 0. The fourth-order valence-electron chi connectivity index (χ4n) is 3.01. The Hall–Kier alpha value is -1.80. The standard InChI is InChI=1S/C17H18ClN2/c1-19-15(13-9-5-3-6-10-13)16(20(2)17(19)18)14-11-7-4-8-12-14/h3-12,15-16H,1-2H3/q+1/t15-,16-/m1/s1. The van der Waals surface area contributed by atoms with Crippen LogP contribution >= 0.6 is 11.6 Å². The van der Waals surface area contributed by atoms with Gasteiger partial charge in [-0.2, -0.15) is 0 Å². The maximum atomic E-state index is 6.47. The summed E-state index contributed by atoms with van der Waals surface area (Å²) in [6.45, 7) is 0. The van der Waals surface area contributed by atoms with Crippen molar-refractivity contribution < 1.29 is 4.58 Å². The Labute approximate surface area is 124 Å². The molecule has 2 aromatic carbocycles. The van der Waals surface area contributed by atoms with Crippen LogP contribution in [0, 0.1) is 0 Å². The molecule has 2 aromatic rings. The summed E-state index contributed by atoms with van der Waals surface area (Å²) in [5.74, 6) is 0. The Bertz CT molecular complexity index is 622. The topological polar surface area (TPSA) is 6.25 Å². The highest BCUT2D eigenvalue weighted by molar-refractivity contribution is 6.63. The minimum absolute atomic E-state index is 0.232. The smallest absolute Gasteiger partial charge is 0.242 e. The van der Waals surface area contributed by atoms with E-state index in [-0.39, 0.29) is 12.1 Å². The Morgan fingerprint density at radius 1 is 0.900 bits per heavy atom. The molecule has 0 saturated heterocycles. The van der Waals surface area contributed by atoms with Crippen LogP contribution in [0.4, 0.5) is 0 Å². The summed E-state index contributed by atoms with van der Waals surface area (Å²) in [6, 6.07) is 21.5. The van der Waals surface area contributed by atoms with Crippen molar-refractivity contribution in [3.63, 3.8) is 0 Å². The summed E-state index contributed by atoms with van der Waals surface area (Å²) in [7, 11) is 4.11.